The first-order chi connectivity index (χ1) is 5.36. The van der Waals surface area contributed by atoms with E-state index in [-0.39, 0.29) is 0 Å². The Morgan fingerprint density at radius 3 is 3.18 bits per heavy atom. The van der Waals surface area contributed by atoms with Crippen molar-refractivity contribution >= 4 is 24.1 Å². The summed E-state index contributed by atoms with van der Waals surface area (Å²) in [4.78, 5) is 7.93. The van der Waals surface area contributed by atoms with Crippen molar-refractivity contribution < 1.29 is 0 Å². The fourth-order valence-corrected chi connectivity index (χ4v) is 1.11. The average Bonchev–Trinajstić information content (AvgIpc) is 2.04. The van der Waals surface area contributed by atoms with Crippen LogP contribution in [0.15, 0.2) is 23.2 Å². The smallest absolute Gasteiger partial charge is 0.0842 e. The van der Waals surface area contributed by atoms with Crippen molar-refractivity contribution in [3.05, 3.63) is 33.8 Å². The monoisotopic (exact) mass is 164 g/mol. The largest absolute Gasteiger partial charge is 0.327 e. The quantitative estimate of drug-likeness (QED) is 0.519. The molecular formula is C8H5ClN2+. The highest BCUT2D eigenvalue weighted by Crippen LogP contribution is 1.99. The fraction of sp³-hybridized carbons (Fsp3) is 0. The van der Waals surface area contributed by atoms with Crippen LogP contribution in [0, 0.1) is 0 Å². The van der Waals surface area contributed by atoms with Crippen molar-refractivity contribution in [2.45, 2.75) is 0 Å². The molecule has 53 valence electrons. The van der Waals surface area contributed by atoms with E-state index in [9.17, 15) is 0 Å². The highest BCUT2D eigenvalue weighted by Gasteiger charge is 1.98. The van der Waals surface area contributed by atoms with Gasteiger partial charge in [0.2, 0.25) is 0 Å². The third kappa shape index (κ3) is 1.17. The van der Waals surface area contributed by atoms with E-state index in [0.29, 0.717) is 5.02 Å². The van der Waals surface area contributed by atoms with E-state index in [1.807, 2.05) is 18.2 Å². The topological polar surface area (TPSA) is 26.5 Å². The van der Waals surface area contributed by atoms with Gasteiger partial charge in [-0.2, -0.15) is 0 Å². The molecule has 2 nitrogen and oxygen atoms in total. The molecule has 0 bridgehead atoms. The molecule has 1 aliphatic heterocycles. The first-order valence-electron chi connectivity index (χ1n) is 3.21. The minimum atomic E-state index is 0.705. The molecule has 0 amide bonds. The molecule has 0 saturated heterocycles. The lowest BCUT2D eigenvalue weighted by molar-refractivity contribution is 1.29. The van der Waals surface area contributed by atoms with Crippen LogP contribution < -0.4 is 15.6 Å². The molecule has 0 atom stereocenters. The van der Waals surface area contributed by atoms with Crippen LogP contribution in [0.25, 0.3) is 6.20 Å². The minimum absolute atomic E-state index is 0.705. The standard InChI is InChI=1S/C8H5ClN2/c9-7-2-1-6-4-10-5-11-8(6)3-7/h1-5H/q+1. The number of aliphatic imine (C=N–C) groups is 1. The predicted molar refractivity (Wildman–Crippen MR) is 44.9 cm³/mol. The Bertz CT molecular complexity index is 420. The van der Waals surface area contributed by atoms with Crippen molar-refractivity contribution in [2.75, 3.05) is 0 Å². The highest BCUT2D eigenvalue weighted by molar-refractivity contribution is 6.30. The second-order valence-corrected chi connectivity index (χ2v) is 2.66. The van der Waals surface area contributed by atoms with Crippen molar-refractivity contribution in [3.8, 4) is 0 Å². The van der Waals surface area contributed by atoms with Gasteiger partial charge in [-0.3, -0.25) is 0 Å². The summed E-state index contributed by atoms with van der Waals surface area (Å²) in [5.74, 6) is 0. The van der Waals surface area contributed by atoms with E-state index in [1.165, 1.54) is 6.34 Å². The molecule has 0 N–H and O–H groups in total. The maximum atomic E-state index is 5.76. The normalized spacial score (nSPS) is 13.2. The molecule has 3 heteroatoms. The first-order valence-corrected chi connectivity index (χ1v) is 3.59. The summed E-state index contributed by atoms with van der Waals surface area (Å²) in [5.41, 5.74) is 0. The molecule has 1 heterocycles. The van der Waals surface area contributed by atoms with Crippen LogP contribution in [0.4, 0.5) is 0 Å². The molecule has 1 aromatic rings. The Labute approximate surface area is 68.6 Å². The fourth-order valence-electron chi connectivity index (χ4n) is 0.947. The van der Waals surface area contributed by atoms with Crippen molar-refractivity contribution in [1.29, 1.82) is 0 Å². The summed E-state index contributed by atoms with van der Waals surface area (Å²) in [6.45, 7) is 0. The van der Waals surface area contributed by atoms with Gasteiger partial charge >= 0.3 is 6.34 Å². The lowest BCUT2D eigenvalue weighted by Crippen LogP contribution is -2.27. The van der Waals surface area contributed by atoms with Crippen LogP contribution in [0.1, 0.15) is 0 Å². The molecule has 1 radical (unpaired) electrons. The number of benzene rings is 1. The van der Waals surface area contributed by atoms with Crippen LogP contribution in [-0.2, 0) is 0 Å². The molecule has 0 fully saturated rings. The molecule has 0 aromatic heterocycles. The van der Waals surface area contributed by atoms with Gasteiger partial charge in [0.15, 0.2) is 11.6 Å². The summed E-state index contributed by atoms with van der Waals surface area (Å²) in [6.07, 6.45) is 3.28. The van der Waals surface area contributed by atoms with E-state index in [0.717, 1.165) is 10.6 Å². The van der Waals surface area contributed by atoms with Crippen LogP contribution in [0.2, 0.25) is 5.02 Å². The van der Waals surface area contributed by atoms with Crippen molar-refractivity contribution in [1.82, 2.24) is 4.99 Å². The van der Waals surface area contributed by atoms with Gasteiger partial charge in [-0.15, -0.1) is 0 Å². The number of halogens is 1. The number of hydrogen-bond donors (Lipinski definition) is 0. The lowest BCUT2D eigenvalue weighted by Gasteiger charge is -1.85. The van der Waals surface area contributed by atoms with Crippen molar-refractivity contribution in [3.63, 3.8) is 0 Å². The average molecular weight is 165 g/mol. The Balaban J connectivity index is 2.86. The van der Waals surface area contributed by atoms with Gasteiger partial charge < -0.3 is 0 Å². The molecular weight excluding hydrogens is 160 g/mol. The predicted octanol–water partition coefficient (Wildman–Crippen LogP) is 0.0753. The zero-order chi connectivity index (χ0) is 7.68. The maximum absolute atomic E-state index is 5.76. The summed E-state index contributed by atoms with van der Waals surface area (Å²) >= 11 is 5.76. The summed E-state index contributed by atoms with van der Waals surface area (Å²) in [7, 11) is 0. The van der Waals surface area contributed by atoms with Gasteiger partial charge in [0.25, 0.3) is 0 Å². The van der Waals surface area contributed by atoms with E-state index in [1.54, 1.807) is 6.20 Å². The zero-order valence-electron chi connectivity index (χ0n) is 5.66. The summed E-state index contributed by atoms with van der Waals surface area (Å²) in [5, 5.41) is 2.60. The van der Waals surface area contributed by atoms with E-state index in [4.69, 9.17) is 11.6 Å². The molecule has 0 spiro atoms. The van der Waals surface area contributed by atoms with Crippen LogP contribution in [0.5, 0.6) is 0 Å². The molecule has 0 aliphatic carbocycles. The number of fused-ring (bicyclic) bond motifs is 1. The minimum Gasteiger partial charge on any atom is -0.0842 e. The number of nitrogens with zero attached hydrogens (tertiary/aromatic N) is 2. The van der Waals surface area contributed by atoms with Crippen molar-refractivity contribution in [2.24, 2.45) is 4.99 Å². The Morgan fingerprint density at radius 1 is 1.36 bits per heavy atom. The molecule has 1 aliphatic rings. The third-order valence-electron chi connectivity index (χ3n) is 1.47. The van der Waals surface area contributed by atoms with Gasteiger partial charge in [-0.1, -0.05) is 16.6 Å². The van der Waals surface area contributed by atoms with Gasteiger partial charge in [-0.25, -0.2) is 0 Å². The van der Waals surface area contributed by atoms with Gasteiger partial charge in [-0.05, 0) is 17.1 Å². The Hall–Kier alpha value is -1.15. The molecule has 0 saturated carbocycles. The second-order valence-electron chi connectivity index (χ2n) is 2.23. The molecule has 2 rings (SSSR count). The summed E-state index contributed by atoms with van der Waals surface area (Å²) < 4.78 is 0. The SMILES string of the molecule is Clc1ccc2c(c1)=NC=[N+]C=2. The first kappa shape index (κ1) is 6.55. The maximum Gasteiger partial charge on any atom is 0.327 e. The van der Waals surface area contributed by atoms with E-state index in [2.05, 4.69) is 9.98 Å². The number of hydrogen-bond acceptors (Lipinski definition) is 2. The van der Waals surface area contributed by atoms with Gasteiger partial charge in [0, 0.05) is 11.1 Å². The van der Waals surface area contributed by atoms with E-state index >= 15 is 0 Å². The van der Waals surface area contributed by atoms with Crippen LogP contribution >= 0.6 is 11.6 Å². The number of rotatable bonds is 0. The lowest BCUT2D eigenvalue weighted by atomic mass is 10.3. The highest BCUT2D eigenvalue weighted by atomic mass is 35.5. The van der Waals surface area contributed by atoms with E-state index < -0.39 is 0 Å². The Kier molecular flexibility index (Phi) is 1.47. The molecule has 0 unspecified atom stereocenters. The second kappa shape index (κ2) is 2.47. The Morgan fingerprint density at radius 2 is 2.27 bits per heavy atom. The third-order valence-corrected chi connectivity index (χ3v) is 1.70. The van der Waals surface area contributed by atoms with Gasteiger partial charge in [0.1, 0.15) is 0 Å². The molecule has 11 heavy (non-hydrogen) atoms. The summed E-state index contributed by atoms with van der Waals surface area (Å²) in [6, 6.07) is 5.55. The zero-order valence-corrected chi connectivity index (χ0v) is 6.42. The van der Waals surface area contributed by atoms with Crippen LogP contribution in [-0.4, -0.2) is 6.34 Å². The van der Waals surface area contributed by atoms with Crippen LogP contribution in [0.3, 0.4) is 0 Å². The molecule has 1 aromatic carbocycles. The van der Waals surface area contributed by atoms with Gasteiger partial charge in [0.05, 0.1) is 5.22 Å².